The van der Waals surface area contributed by atoms with Gasteiger partial charge in [0.25, 0.3) is 0 Å². The highest BCUT2D eigenvalue weighted by Gasteiger charge is 2.30. The number of amides is 1. The van der Waals surface area contributed by atoms with E-state index in [-0.39, 0.29) is 11.9 Å². The fourth-order valence-electron chi connectivity index (χ4n) is 3.64. The van der Waals surface area contributed by atoms with Crippen LogP contribution in [0.5, 0.6) is 0 Å². The number of aromatic nitrogens is 4. The molecule has 7 heteroatoms. The van der Waals surface area contributed by atoms with Gasteiger partial charge < -0.3 is 5.32 Å². The van der Waals surface area contributed by atoms with Crippen LogP contribution < -0.4 is 5.32 Å². The third kappa shape index (κ3) is 5.53. The van der Waals surface area contributed by atoms with Gasteiger partial charge in [-0.3, -0.25) is 14.3 Å². The van der Waals surface area contributed by atoms with Crippen molar-refractivity contribution >= 4 is 17.7 Å². The van der Waals surface area contributed by atoms with Gasteiger partial charge in [0.15, 0.2) is 11.0 Å². The van der Waals surface area contributed by atoms with Gasteiger partial charge in [-0.05, 0) is 55.4 Å². The molecule has 1 amide bonds. The van der Waals surface area contributed by atoms with Gasteiger partial charge in [0, 0.05) is 24.0 Å². The van der Waals surface area contributed by atoms with E-state index in [1.165, 1.54) is 17.3 Å². The lowest BCUT2D eigenvalue weighted by Gasteiger charge is -2.15. The molecule has 1 fully saturated rings. The molecule has 0 saturated heterocycles. The molecule has 1 aliphatic rings. The number of carbonyl (C=O) groups excluding carboxylic acids is 1. The zero-order chi connectivity index (χ0) is 21.8. The van der Waals surface area contributed by atoms with Gasteiger partial charge in [0.1, 0.15) is 0 Å². The zero-order valence-electron chi connectivity index (χ0n) is 18.3. The average molecular weight is 436 g/mol. The lowest BCUT2D eigenvalue weighted by molar-refractivity contribution is -0.119. The first-order chi connectivity index (χ1) is 15.0. The quantitative estimate of drug-likeness (QED) is 0.487. The molecule has 0 spiro atoms. The number of pyridine rings is 1. The second-order valence-electron chi connectivity index (χ2n) is 8.57. The molecule has 6 nitrogen and oxygen atoms in total. The molecule has 0 aliphatic heterocycles. The first-order valence-electron chi connectivity index (χ1n) is 10.9. The molecule has 1 saturated carbocycles. The number of hydrogen-bond donors (Lipinski definition) is 1. The summed E-state index contributed by atoms with van der Waals surface area (Å²) in [6.07, 6.45) is 6.86. The van der Waals surface area contributed by atoms with E-state index in [0.29, 0.717) is 17.7 Å². The van der Waals surface area contributed by atoms with Crippen molar-refractivity contribution in [3.8, 4) is 11.4 Å². The van der Waals surface area contributed by atoms with Crippen LogP contribution in [-0.4, -0.2) is 31.4 Å². The van der Waals surface area contributed by atoms with E-state index in [2.05, 4.69) is 63.2 Å². The summed E-state index contributed by atoms with van der Waals surface area (Å²) < 4.78 is 2.16. The first-order valence-corrected chi connectivity index (χ1v) is 11.9. The molecular weight excluding hydrogens is 406 g/mol. The molecule has 0 bridgehead atoms. The zero-order valence-corrected chi connectivity index (χ0v) is 19.1. The highest BCUT2D eigenvalue weighted by molar-refractivity contribution is 7.99. The largest absolute Gasteiger partial charge is 0.349 e. The van der Waals surface area contributed by atoms with Gasteiger partial charge in [0.05, 0.1) is 11.8 Å². The predicted octanol–water partition coefficient (Wildman–Crippen LogP) is 4.84. The number of nitrogens with one attached hydrogen (secondary N) is 1. The van der Waals surface area contributed by atoms with Gasteiger partial charge >= 0.3 is 0 Å². The van der Waals surface area contributed by atoms with Crippen molar-refractivity contribution in [3.63, 3.8) is 0 Å². The van der Waals surface area contributed by atoms with Crippen LogP contribution in [0.15, 0.2) is 53.9 Å². The standard InChI is InChI=1S/C24H29N5OS/c1-16(2)13-18-6-8-19(9-7-18)17(3)26-22(30)15-31-24-28-27-23(29(24)21-10-11-21)20-5-4-12-25-14-20/h4-9,12,14,16-17,21H,10-11,13,15H2,1-3H3,(H,26,30). The number of carbonyl (C=O) groups is 1. The summed E-state index contributed by atoms with van der Waals surface area (Å²) in [6, 6.07) is 12.8. The molecule has 2 heterocycles. The van der Waals surface area contributed by atoms with Crippen molar-refractivity contribution in [2.24, 2.45) is 5.92 Å². The number of rotatable bonds is 9. The molecule has 1 atom stereocenters. The van der Waals surface area contributed by atoms with Crippen LogP contribution in [0.1, 0.15) is 56.8 Å². The number of thioether (sulfide) groups is 1. The topological polar surface area (TPSA) is 72.7 Å². The van der Waals surface area contributed by atoms with E-state index in [9.17, 15) is 4.79 Å². The van der Waals surface area contributed by atoms with Crippen LogP contribution in [0.4, 0.5) is 0 Å². The maximum atomic E-state index is 12.6. The predicted molar refractivity (Wildman–Crippen MR) is 124 cm³/mol. The number of benzene rings is 1. The highest BCUT2D eigenvalue weighted by Crippen LogP contribution is 2.40. The van der Waals surface area contributed by atoms with Gasteiger partial charge in [-0.25, -0.2) is 0 Å². The normalized spacial score (nSPS) is 14.6. The Morgan fingerprint density at radius 2 is 1.94 bits per heavy atom. The molecule has 31 heavy (non-hydrogen) atoms. The van der Waals surface area contributed by atoms with Crippen LogP contribution >= 0.6 is 11.8 Å². The van der Waals surface area contributed by atoms with Crippen molar-refractivity contribution < 1.29 is 4.79 Å². The minimum atomic E-state index is -0.0338. The molecule has 162 valence electrons. The van der Waals surface area contributed by atoms with Gasteiger partial charge in [0.2, 0.25) is 5.91 Å². The molecule has 1 aliphatic carbocycles. The Morgan fingerprint density at radius 1 is 1.16 bits per heavy atom. The van der Waals surface area contributed by atoms with Gasteiger partial charge in [-0.2, -0.15) is 0 Å². The fraction of sp³-hybridized carbons (Fsp3) is 0.417. The monoisotopic (exact) mass is 435 g/mol. The Bertz CT molecular complexity index is 1010. The summed E-state index contributed by atoms with van der Waals surface area (Å²) in [6.45, 7) is 6.46. The highest BCUT2D eigenvalue weighted by atomic mass is 32.2. The Labute approximate surface area is 187 Å². The number of hydrogen-bond acceptors (Lipinski definition) is 5. The molecule has 4 rings (SSSR count). The van der Waals surface area contributed by atoms with Crippen molar-refractivity contribution in [2.75, 3.05) is 5.75 Å². The number of nitrogens with zero attached hydrogens (tertiary/aromatic N) is 4. The van der Waals surface area contributed by atoms with Crippen molar-refractivity contribution in [2.45, 2.75) is 57.3 Å². The smallest absolute Gasteiger partial charge is 0.230 e. The third-order valence-corrected chi connectivity index (χ3v) is 6.27. The summed E-state index contributed by atoms with van der Waals surface area (Å²) >= 11 is 1.44. The molecule has 1 unspecified atom stereocenters. The minimum Gasteiger partial charge on any atom is -0.349 e. The summed E-state index contributed by atoms with van der Waals surface area (Å²) in [5.41, 5.74) is 3.40. The maximum absolute atomic E-state index is 12.6. The Morgan fingerprint density at radius 3 is 2.58 bits per heavy atom. The second kappa shape index (κ2) is 9.64. The molecule has 2 aromatic heterocycles. The van der Waals surface area contributed by atoms with Crippen LogP contribution in [0.25, 0.3) is 11.4 Å². The SMILES string of the molecule is CC(C)Cc1ccc(C(C)NC(=O)CSc2nnc(-c3cccnc3)n2C2CC2)cc1. The Hall–Kier alpha value is -2.67. The van der Waals surface area contributed by atoms with Gasteiger partial charge in [-0.15, -0.1) is 10.2 Å². The van der Waals surface area contributed by atoms with E-state index in [1.807, 2.05) is 19.1 Å². The molecular formula is C24H29N5OS. The van der Waals surface area contributed by atoms with Crippen molar-refractivity contribution in [1.82, 2.24) is 25.1 Å². The molecule has 1 aromatic carbocycles. The van der Waals surface area contributed by atoms with Crippen LogP contribution in [0.2, 0.25) is 0 Å². The summed E-state index contributed by atoms with van der Waals surface area (Å²) in [4.78, 5) is 16.8. The van der Waals surface area contributed by atoms with Crippen LogP contribution in [0.3, 0.4) is 0 Å². The van der Waals surface area contributed by atoms with E-state index in [0.717, 1.165) is 41.4 Å². The maximum Gasteiger partial charge on any atom is 0.230 e. The third-order valence-electron chi connectivity index (χ3n) is 5.33. The van der Waals surface area contributed by atoms with E-state index >= 15 is 0 Å². The molecule has 1 N–H and O–H groups in total. The van der Waals surface area contributed by atoms with E-state index < -0.39 is 0 Å². The summed E-state index contributed by atoms with van der Waals surface area (Å²) in [7, 11) is 0. The lowest BCUT2D eigenvalue weighted by atomic mass is 10.00. The van der Waals surface area contributed by atoms with E-state index in [4.69, 9.17) is 0 Å². The summed E-state index contributed by atoms with van der Waals surface area (Å²) in [5, 5.41) is 12.6. The van der Waals surface area contributed by atoms with Crippen molar-refractivity contribution in [1.29, 1.82) is 0 Å². The van der Waals surface area contributed by atoms with Crippen LogP contribution in [-0.2, 0) is 11.2 Å². The first kappa shape index (κ1) is 21.6. The average Bonchev–Trinajstić information content (AvgIpc) is 3.51. The Kier molecular flexibility index (Phi) is 6.70. The molecule has 3 aromatic rings. The summed E-state index contributed by atoms with van der Waals surface area (Å²) in [5.74, 6) is 1.77. The van der Waals surface area contributed by atoms with E-state index in [1.54, 1.807) is 12.4 Å². The minimum absolute atomic E-state index is 0.00275. The van der Waals surface area contributed by atoms with Gasteiger partial charge in [-0.1, -0.05) is 49.9 Å². The molecule has 0 radical (unpaired) electrons. The Balaban J connectivity index is 1.36. The lowest BCUT2D eigenvalue weighted by Crippen LogP contribution is -2.28. The fourth-order valence-corrected chi connectivity index (χ4v) is 4.46. The van der Waals surface area contributed by atoms with Crippen LogP contribution in [0, 0.1) is 5.92 Å². The second-order valence-corrected chi connectivity index (χ2v) is 9.51. The van der Waals surface area contributed by atoms with Crippen molar-refractivity contribution in [3.05, 3.63) is 59.9 Å².